The molecule has 126 valence electrons. The van der Waals surface area contributed by atoms with Gasteiger partial charge in [0.25, 0.3) is 0 Å². The second-order valence-electron chi connectivity index (χ2n) is 6.05. The second-order valence-corrected chi connectivity index (χ2v) is 6.05. The van der Waals surface area contributed by atoms with E-state index in [9.17, 15) is 5.11 Å². The number of aliphatic hydroxyl groups excluding tert-OH is 1. The molecule has 3 rings (SSSR count). The molecule has 2 heteroatoms. The summed E-state index contributed by atoms with van der Waals surface area (Å²) in [4.78, 5) is 0. The molecule has 0 amide bonds. The summed E-state index contributed by atoms with van der Waals surface area (Å²) in [5, 5.41) is 14.1. The van der Waals surface area contributed by atoms with Crippen LogP contribution in [0.3, 0.4) is 0 Å². The van der Waals surface area contributed by atoms with Crippen LogP contribution < -0.4 is 5.32 Å². The van der Waals surface area contributed by atoms with Gasteiger partial charge in [-0.1, -0.05) is 91.0 Å². The van der Waals surface area contributed by atoms with Gasteiger partial charge in [0, 0.05) is 18.2 Å². The van der Waals surface area contributed by atoms with Gasteiger partial charge in [-0.05, 0) is 23.3 Å². The van der Waals surface area contributed by atoms with Crippen molar-refractivity contribution in [2.45, 2.75) is 18.6 Å². The molecule has 2 N–H and O–H groups in total. The van der Waals surface area contributed by atoms with Gasteiger partial charge in [0.1, 0.15) is 0 Å². The molecule has 0 saturated carbocycles. The minimum Gasteiger partial charge on any atom is -0.388 e. The van der Waals surface area contributed by atoms with Gasteiger partial charge in [0.15, 0.2) is 0 Å². The first kappa shape index (κ1) is 17.0. The smallest absolute Gasteiger partial charge is 0.0812 e. The molecule has 3 aromatic rings. The molecule has 0 bridgehead atoms. The van der Waals surface area contributed by atoms with E-state index in [-0.39, 0.29) is 6.04 Å². The number of nitrogens with one attached hydrogen (secondary N) is 1. The topological polar surface area (TPSA) is 32.3 Å². The summed E-state index contributed by atoms with van der Waals surface area (Å²) >= 11 is 0. The molecule has 0 aromatic heterocycles. The van der Waals surface area contributed by atoms with E-state index in [1.165, 1.54) is 0 Å². The van der Waals surface area contributed by atoms with Gasteiger partial charge in [0.2, 0.25) is 0 Å². The van der Waals surface area contributed by atoms with Crippen LogP contribution in [0.15, 0.2) is 97.1 Å². The van der Waals surface area contributed by atoms with Crippen molar-refractivity contribution in [2.24, 2.45) is 0 Å². The highest BCUT2D eigenvalue weighted by Gasteiger charge is 2.13. The number of aliphatic hydroxyl groups is 1. The Morgan fingerprint density at radius 2 is 1.32 bits per heavy atom. The van der Waals surface area contributed by atoms with Crippen LogP contribution in [0.4, 0.5) is 5.69 Å². The molecule has 0 aliphatic rings. The van der Waals surface area contributed by atoms with Gasteiger partial charge in [-0.2, -0.15) is 0 Å². The van der Waals surface area contributed by atoms with Crippen LogP contribution in [0.2, 0.25) is 0 Å². The molecule has 25 heavy (non-hydrogen) atoms. The Balaban J connectivity index is 1.75. The summed E-state index contributed by atoms with van der Waals surface area (Å²) in [5.41, 5.74) is 3.14. The van der Waals surface area contributed by atoms with E-state index in [0.29, 0.717) is 6.42 Å². The molecule has 0 aliphatic carbocycles. The Kier molecular flexibility index (Phi) is 6.02. The molecular weight excluding hydrogens is 306 g/mol. The first-order valence-electron chi connectivity index (χ1n) is 8.59. The maximum Gasteiger partial charge on any atom is 0.0812 e. The quantitative estimate of drug-likeness (QED) is 0.616. The van der Waals surface area contributed by atoms with Crippen molar-refractivity contribution in [3.63, 3.8) is 0 Å². The predicted octanol–water partition coefficient (Wildman–Crippen LogP) is 5.30. The Labute approximate surface area is 149 Å². The van der Waals surface area contributed by atoms with Crippen LogP contribution in [0.1, 0.15) is 23.7 Å². The molecular formula is C23H23NO. The molecule has 0 aliphatic heterocycles. The lowest BCUT2D eigenvalue weighted by molar-refractivity contribution is 0.165. The SMILES string of the molecule is OC(CC(/C=C/c1ccccc1)Nc1ccccc1)c1ccccc1. The Morgan fingerprint density at radius 3 is 1.96 bits per heavy atom. The average Bonchev–Trinajstić information content (AvgIpc) is 2.68. The molecule has 0 radical (unpaired) electrons. The standard InChI is InChI=1S/C23H23NO/c25-23(20-12-6-2-7-13-20)18-22(24-21-14-8-3-9-15-21)17-16-19-10-4-1-5-11-19/h1-17,22-25H,18H2/b17-16+. The van der Waals surface area contributed by atoms with E-state index in [0.717, 1.165) is 16.8 Å². The van der Waals surface area contributed by atoms with E-state index in [1.54, 1.807) is 0 Å². The molecule has 0 fully saturated rings. The van der Waals surface area contributed by atoms with Crippen LogP contribution in [0.25, 0.3) is 6.08 Å². The van der Waals surface area contributed by atoms with Crippen LogP contribution >= 0.6 is 0 Å². The highest BCUT2D eigenvalue weighted by molar-refractivity contribution is 5.52. The summed E-state index contributed by atoms with van der Waals surface area (Å²) in [6.07, 6.45) is 4.30. The van der Waals surface area contributed by atoms with Gasteiger partial charge in [-0.3, -0.25) is 0 Å². The zero-order valence-corrected chi connectivity index (χ0v) is 14.1. The number of anilines is 1. The zero-order valence-electron chi connectivity index (χ0n) is 14.1. The predicted molar refractivity (Wildman–Crippen MR) is 105 cm³/mol. The molecule has 0 saturated heterocycles. The Bertz CT molecular complexity index is 769. The summed E-state index contributed by atoms with van der Waals surface area (Å²) in [6.45, 7) is 0. The van der Waals surface area contributed by atoms with E-state index in [2.05, 4.69) is 29.6 Å². The van der Waals surface area contributed by atoms with Crippen LogP contribution in [-0.2, 0) is 0 Å². The molecule has 0 spiro atoms. The number of hydrogen-bond acceptors (Lipinski definition) is 2. The monoisotopic (exact) mass is 329 g/mol. The molecule has 2 atom stereocenters. The van der Waals surface area contributed by atoms with E-state index >= 15 is 0 Å². The van der Waals surface area contributed by atoms with Gasteiger partial charge in [-0.15, -0.1) is 0 Å². The summed E-state index contributed by atoms with van der Waals surface area (Å²) in [5.74, 6) is 0. The fourth-order valence-corrected chi connectivity index (χ4v) is 2.78. The van der Waals surface area contributed by atoms with Crippen molar-refractivity contribution in [3.8, 4) is 0 Å². The third-order valence-electron chi connectivity index (χ3n) is 4.11. The largest absolute Gasteiger partial charge is 0.388 e. The first-order valence-corrected chi connectivity index (χ1v) is 8.59. The maximum atomic E-state index is 10.6. The Morgan fingerprint density at radius 1 is 0.760 bits per heavy atom. The van der Waals surface area contributed by atoms with Crippen molar-refractivity contribution in [3.05, 3.63) is 108 Å². The van der Waals surface area contributed by atoms with Gasteiger partial charge >= 0.3 is 0 Å². The second kappa shape index (κ2) is 8.86. The Hall–Kier alpha value is -2.84. The van der Waals surface area contributed by atoms with E-state index < -0.39 is 6.10 Å². The molecule has 2 nitrogen and oxygen atoms in total. The lowest BCUT2D eigenvalue weighted by Crippen LogP contribution is -2.20. The maximum absolute atomic E-state index is 10.6. The van der Waals surface area contributed by atoms with Crippen LogP contribution in [-0.4, -0.2) is 11.1 Å². The summed E-state index contributed by atoms with van der Waals surface area (Å²) < 4.78 is 0. The van der Waals surface area contributed by atoms with Crippen LogP contribution in [0.5, 0.6) is 0 Å². The fraction of sp³-hybridized carbons (Fsp3) is 0.130. The zero-order chi connectivity index (χ0) is 17.3. The van der Waals surface area contributed by atoms with E-state index in [1.807, 2.05) is 78.9 Å². The lowest BCUT2D eigenvalue weighted by Gasteiger charge is -2.20. The van der Waals surface area contributed by atoms with Gasteiger partial charge in [0.05, 0.1) is 6.10 Å². The number of para-hydroxylation sites is 1. The molecule has 3 aromatic carbocycles. The van der Waals surface area contributed by atoms with Crippen molar-refractivity contribution < 1.29 is 5.11 Å². The minimum absolute atomic E-state index is 0.0258. The average molecular weight is 329 g/mol. The number of benzene rings is 3. The van der Waals surface area contributed by atoms with Crippen molar-refractivity contribution in [1.82, 2.24) is 0 Å². The first-order chi connectivity index (χ1) is 12.3. The third kappa shape index (κ3) is 5.33. The summed E-state index contributed by atoms with van der Waals surface area (Å²) in [6, 6.07) is 30.1. The summed E-state index contributed by atoms with van der Waals surface area (Å²) in [7, 11) is 0. The van der Waals surface area contributed by atoms with Crippen molar-refractivity contribution in [2.75, 3.05) is 5.32 Å². The highest BCUT2D eigenvalue weighted by Crippen LogP contribution is 2.21. The third-order valence-corrected chi connectivity index (χ3v) is 4.11. The highest BCUT2D eigenvalue weighted by atomic mass is 16.3. The normalized spacial score (nSPS) is 13.5. The fourth-order valence-electron chi connectivity index (χ4n) is 2.78. The molecule has 0 heterocycles. The number of rotatable bonds is 7. The van der Waals surface area contributed by atoms with E-state index in [4.69, 9.17) is 0 Å². The van der Waals surface area contributed by atoms with Crippen molar-refractivity contribution in [1.29, 1.82) is 0 Å². The van der Waals surface area contributed by atoms with Crippen molar-refractivity contribution >= 4 is 11.8 Å². The molecule has 2 unspecified atom stereocenters. The van der Waals surface area contributed by atoms with Gasteiger partial charge < -0.3 is 10.4 Å². The number of hydrogen-bond donors (Lipinski definition) is 2. The van der Waals surface area contributed by atoms with Crippen LogP contribution in [0, 0.1) is 0 Å². The minimum atomic E-state index is -0.511. The van der Waals surface area contributed by atoms with Gasteiger partial charge in [-0.25, -0.2) is 0 Å². The lowest BCUT2D eigenvalue weighted by atomic mass is 10.0.